The molecule has 0 spiro atoms. The van der Waals surface area contributed by atoms with Gasteiger partial charge in [-0.05, 0) is 31.0 Å². The smallest absolute Gasteiger partial charge is 0.234 e. The van der Waals surface area contributed by atoms with Gasteiger partial charge in [-0.3, -0.25) is 0 Å². The van der Waals surface area contributed by atoms with E-state index in [0.717, 1.165) is 12.8 Å². The summed E-state index contributed by atoms with van der Waals surface area (Å²) in [5.74, 6) is 0.723. The van der Waals surface area contributed by atoms with Gasteiger partial charge in [0.15, 0.2) is 11.6 Å². The predicted octanol–water partition coefficient (Wildman–Crippen LogP) is 1.87. The molecule has 3 rings (SSSR count). The molecule has 2 N–H and O–H groups in total. The van der Waals surface area contributed by atoms with E-state index in [4.69, 9.17) is 15.0 Å². The highest BCUT2D eigenvalue weighted by Gasteiger charge is 2.48. The highest BCUT2D eigenvalue weighted by Crippen LogP contribution is 2.46. The molecule has 0 saturated heterocycles. The van der Waals surface area contributed by atoms with Crippen LogP contribution in [0.25, 0.3) is 11.4 Å². The average Bonchev–Trinajstić information content (AvgIpc) is 3.09. The summed E-state index contributed by atoms with van der Waals surface area (Å²) in [5.41, 5.74) is 6.23. The van der Waals surface area contributed by atoms with Gasteiger partial charge in [-0.1, -0.05) is 5.16 Å². The quantitative estimate of drug-likeness (QED) is 0.911. The summed E-state index contributed by atoms with van der Waals surface area (Å²) in [4.78, 5) is 4.35. The van der Waals surface area contributed by atoms with Crippen LogP contribution in [0.15, 0.2) is 22.7 Å². The molecule has 1 fully saturated rings. The molecule has 19 heavy (non-hydrogen) atoms. The third-order valence-electron chi connectivity index (χ3n) is 3.53. The summed E-state index contributed by atoms with van der Waals surface area (Å²) in [5, 5.41) is 3.93. The molecule has 2 aromatic rings. The van der Waals surface area contributed by atoms with E-state index in [1.54, 1.807) is 12.1 Å². The highest BCUT2D eigenvalue weighted by atomic mass is 19.1. The highest BCUT2D eigenvalue weighted by molar-refractivity contribution is 5.57. The number of hydrogen-bond donors (Lipinski definition) is 1. The second-order valence-electron chi connectivity index (χ2n) is 4.76. The summed E-state index contributed by atoms with van der Waals surface area (Å²) < 4.78 is 23.5. The van der Waals surface area contributed by atoms with Crippen molar-refractivity contribution in [2.24, 2.45) is 5.73 Å². The van der Waals surface area contributed by atoms with Crippen LogP contribution < -0.4 is 10.5 Å². The minimum absolute atomic E-state index is 0.143. The van der Waals surface area contributed by atoms with Crippen molar-refractivity contribution < 1.29 is 13.7 Å². The predicted molar refractivity (Wildman–Crippen MR) is 66.2 cm³/mol. The van der Waals surface area contributed by atoms with Gasteiger partial charge in [0, 0.05) is 12.1 Å². The van der Waals surface area contributed by atoms with Crippen molar-refractivity contribution in [2.75, 3.05) is 13.7 Å². The number of halogens is 1. The monoisotopic (exact) mass is 263 g/mol. The zero-order chi connectivity index (χ0) is 13.5. The first-order chi connectivity index (χ1) is 9.18. The SMILES string of the molecule is COc1cc(-c2noc(C3(CN)CC3)n2)ccc1F. The van der Waals surface area contributed by atoms with Crippen LogP contribution >= 0.6 is 0 Å². The van der Waals surface area contributed by atoms with Gasteiger partial charge in [0.25, 0.3) is 0 Å². The molecule has 5 nitrogen and oxygen atoms in total. The van der Waals surface area contributed by atoms with Crippen LogP contribution in [0.3, 0.4) is 0 Å². The van der Waals surface area contributed by atoms with Gasteiger partial charge in [0.05, 0.1) is 12.5 Å². The maximum Gasteiger partial charge on any atom is 0.234 e. The normalized spacial score (nSPS) is 16.4. The zero-order valence-corrected chi connectivity index (χ0v) is 10.5. The van der Waals surface area contributed by atoms with Gasteiger partial charge >= 0.3 is 0 Å². The molecule has 1 saturated carbocycles. The molecule has 100 valence electrons. The van der Waals surface area contributed by atoms with Crippen molar-refractivity contribution in [3.8, 4) is 17.1 Å². The first-order valence-corrected chi connectivity index (χ1v) is 6.07. The van der Waals surface area contributed by atoms with Crippen LogP contribution in [-0.2, 0) is 5.41 Å². The van der Waals surface area contributed by atoms with E-state index >= 15 is 0 Å². The maximum absolute atomic E-state index is 13.3. The molecule has 0 amide bonds. The number of aromatic nitrogens is 2. The number of benzene rings is 1. The number of ether oxygens (including phenoxy) is 1. The number of nitrogens with zero attached hydrogens (tertiary/aromatic N) is 2. The Hall–Kier alpha value is -1.95. The summed E-state index contributed by atoms with van der Waals surface area (Å²) >= 11 is 0. The molecule has 0 radical (unpaired) electrons. The minimum atomic E-state index is -0.421. The molecule has 0 bridgehead atoms. The summed E-state index contributed by atoms with van der Waals surface area (Å²) in [7, 11) is 1.41. The molecule has 0 aliphatic heterocycles. The van der Waals surface area contributed by atoms with E-state index in [1.807, 2.05) is 0 Å². The lowest BCUT2D eigenvalue weighted by Gasteiger charge is -2.04. The van der Waals surface area contributed by atoms with E-state index in [9.17, 15) is 4.39 Å². The maximum atomic E-state index is 13.3. The zero-order valence-electron chi connectivity index (χ0n) is 10.5. The minimum Gasteiger partial charge on any atom is -0.494 e. The van der Waals surface area contributed by atoms with Gasteiger partial charge in [-0.15, -0.1) is 0 Å². The summed E-state index contributed by atoms with van der Waals surface area (Å²) in [6.07, 6.45) is 1.94. The Balaban J connectivity index is 1.95. The summed E-state index contributed by atoms with van der Waals surface area (Å²) in [6.45, 7) is 0.501. The van der Waals surface area contributed by atoms with Crippen LogP contribution in [0.5, 0.6) is 5.75 Å². The van der Waals surface area contributed by atoms with Gasteiger partial charge in [0.2, 0.25) is 11.7 Å². The second-order valence-corrected chi connectivity index (χ2v) is 4.76. The average molecular weight is 263 g/mol. The Morgan fingerprint density at radius 2 is 2.26 bits per heavy atom. The molecule has 1 aromatic carbocycles. The van der Waals surface area contributed by atoms with Gasteiger partial charge in [-0.25, -0.2) is 4.39 Å². The Morgan fingerprint density at radius 1 is 1.47 bits per heavy atom. The van der Waals surface area contributed by atoms with Crippen molar-refractivity contribution in [3.63, 3.8) is 0 Å². The van der Waals surface area contributed by atoms with Crippen LogP contribution in [0.2, 0.25) is 0 Å². The first-order valence-electron chi connectivity index (χ1n) is 6.07. The molecule has 1 aliphatic carbocycles. The van der Waals surface area contributed by atoms with E-state index in [1.165, 1.54) is 13.2 Å². The standard InChI is InChI=1S/C13H14FN3O2/c1-18-10-6-8(2-3-9(10)14)11-16-12(19-17-11)13(7-15)4-5-13/h2-3,6H,4-5,7,15H2,1H3. The van der Waals surface area contributed by atoms with Crippen molar-refractivity contribution in [3.05, 3.63) is 29.9 Å². The lowest BCUT2D eigenvalue weighted by Crippen LogP contribution is -2.19. The lowest BCUT2D eigenvalue weighted by atomic mass is 10.1. The van der Waals surface area contributed by atoms with Crippen LogP contribution in [0, 0.1) is 5.82 Å². The van der Waals surface area contributed by atoms with Gasteiger partial charge in [-0.2, -0.15) is 4.98 Å². The van der Waals surface area contributed by atoms with E-state index in [-0.39, 0.29) is 11.2 Å². The molecule has 6 heteroatoms. The van der Waals surface area contributed by atoms with E-state index in [2.05, 4.69) is 10.1 Å². The number of nitrogens with two attached hydrogens (primary N) is 1. The largest absolute Gasteiger partial charge is 0.494 e. The third-order valence-corrected chi connectivity index (χ3v) is 3.53. The van der Waals surface area contributed by atoms with Crippen LogP contribution in [-0.4, -0.2) is 23.8 Å². The third kappa shape index (κ3) is 1.98. The fourth-order valence-electron chi connectivity index (χ4n) is 2.01. The van der Waals surface area contributed by atoms with E-state index in [0.29, 0.717) is 23.8 Å². The molecule has 1 heterocycles. The number of rotatable bonds is 4. The number of methoxy groups -OCH3 is 1. The van der Waals surface area contributed by atoms with Crippen molar-refractivity contribution in [1.82, 2.24) is 10.1 Å². The fraction of sp³-hybridized carbons (Fsp3) is 0.385. The van der Waals surface area contributed by atoms with Crippen molar-refractivity contribution >= 4 is 0 Å². The molecule has 0 atom stereocenters. The number of hydrogen-bond acceptors (Lipinski definition) is 5. The molecule has 1 aromatic heterocycles. The molecular weight excluding hydrogens is 249 g/mol. The molecular formula is C13H14FN3O2. The van der Waals surface area contributed by atoms with E-state index < -0.39 is 5.82 Å². The topological polar surface area (TPSA) is 74.2 Å². The van der Waals surface area contributed by atoms with Crippen molar-refractivity contribution in [1.29, 1.82) is 0 Å². The van der Waals surface area contributed by atoms with Gasteiger partial charge < -0.3 is 15.0 Å². The molecule has 1 aliphatic rings. The molecule has 0 unspecified atom stereocenters. The Labute approximate surface area is 109 Å². The Bertz CT molecular complexity index is 608. The van der Waals surface area contributed by atoms with Gasteiger partial charge in [0.1, 0.15) is 0 Å². The lowest BCUT2D eigenvalue weighted by molar-refractivity contribution is 0.347. The van der Waals surface area contributed by atoms with Crippen LogP contribution in [0.1, 0.15) is 18.7 Å². The Kier molecular flexibility index (Phi) is 2.74. The van der Waals surface area contributed by atoms with Crippen molar-refractivity contribution in [2.45, 2.75) is 18.3 Å². The fourth-order valence-corrected chi connectivity index (χ4v) is 2.01. The summed E-state index contributed by atoms with van der Waals surface area (Å²) in [6, 6.07) is 4.46. The first kappa shape index (κ1) is 12.1. The Morgan fingerprint density at radius 3 is 2.89 bits per heavy atom. The van der Waals surface area contributed by atoms with Crippen LogP contribution in [0.4, 0.5) is 4.39 Å². The second kappa shape index (κ2) is 4.31.